The second kappa shape index (κ2) is 4.21. The second-order valence-corrected chi connectivity index (χ2v) is 6.96. The summed E-state index contributed by atoms with van der Waals surface area (Å²) in [6, 6.07) is 6.11. The SMILES string of the molecule is Cc1ccc2c(c1)C(CNC1CCC1)=CS2(=O)=O. The minimum atomic E-state index is -3.21. The Hall–Kier alpha value is -1.13. The van der Waals surface area contributed by atoms with Gasteiger partial charge in [-0.15, -0.1) is 0 Å². The molecule has 1 aromatic rings. The Morgan fingerprint density at radius 3 is 2.78 bits per heavy atom. The third-order valence-corrected chi connectivity index (χ3v) is 5.34. The Bertz CT molecular complexity index is 613. The van der Waals surface area contributed by atoms with Gasteiger partial charge in [0.25, 0.3) is 0 Å². The van der Waals surface area contributed by atoms with Gasteiger partial charge in [-0.2, -0.15) is 0 Å². The zero-order valence-electron chi connectivity index (χ0n) is 10.4. The summed E-state index contributed by atoms with van der Waals surface area (Å²) in [6.07, 6.45) is 3.70. The molecule has 0 spiro atoms. The fourth-order valence-corrected chi connectivity index (χ4v) is 3.93. The maximum Gasteiger partial charge on any atom is 0.200 e. The van der Waals surface area contributed by atoms with Crippen LogP contribution in [-0.2, 0) is 9.84 Å². The van der Waals surface area contributed by atoms with Gasteiger partial charge >= 0.3 is 0 Å². The van der Waals surface area contributed by atoms with E-state index in [-0.39, 0.29) is 0 Å². The molecule has 0 unspecified atom stereocenters. The van der Waals surface area contributed by atoms with Crippen LogP contribution in [0.2, 0.25) is 0 Å². The van der Waals surface area contributed by atoms with E-state index in [1.54, 1.807) is 6.07 Å². The summed E-state index contributed by atoms with van der Waals surface area (Å²) >= 11 is 0. The molecular weight excluding hydrogens is 246 g/mol. The summed E-state index contributed by atoms with van der Waals surface area (Å²) in [6.45, 7) is 2.64. The van der Waals surface area contributed by atoms with Crippen LogP contribution in [0.4, 0.5) is 0 Å². The highest BCUT2D eigenvalue weighted by Crippen LogP contribution is 2.34. The first-order valence-corrected chi connectivity index (χ1v) is 7.91. The highest BCUT2D eigenvalue weighted by Gasteiger charge is 2.27. The highest BCUT2D eigenvalue weighted by molar-refractivity contribution is 7.95. The number of sulfone groups is 1. The normalized spacial score (nSPS) is 21.3. The molecule has 3 nitrogen and oxygen atoms in total. The van der Waals surface area contributed by atoms with Crippen LogP contribution in [0.25, 0.3) is 5.57 Å². The third-order valence-electron chi connectivity index (χ3n) is 3.77. The lowest BCUT2D eigenvalue weighted by Crippen LogP contribution is -2.35. The monoisotopic (exact) mass is 263 g/mol. The van der Waals surface area contributed by atoms with Gasteiger partial charge in [0.1, 0.15) is 0 Å². The molecule has 1 fully saturated rings. The highest BCUT2D eigenvalue weighted by atomic mass is 32.2. The topological polar surface area (TPSA) is 46.2 Å². The molecular formula is C14H17NO2S. The molecule has 3 rings (SSSR count). The molecule has 0 radical (unpaired) electrons. The maximum absolute atomic E-state index is 12.0. The number of aryl methyl sites for hydroxylation is 1. The predicted octanol–water partition coefficient (Wildman–Crippen LogP) is 2.27. The van der Waals surface area contributed by atoms with Gasteiger partial charge in [-0.25, -0.2) is 8.42 Å². The minimum absolute atomic E-state index is 0.457. The van der Waals surface area contributed by atoms with E-state index in [1.807, 2.05) is 19.1 Å². The Morgan fingerprint density at radius 1 is 1.33 bits per heavy atom. The summed E-state index contributed by atoms with van der Waals surface area (Å²) in [5, 5.41) is 4.85. The van der Waals surface area contributed by atoms with E-state index in [0.29, 0.717) is 17.5 Å². The van der Waals surface area contributed by atoms with Gasteiger partial charge in [-0.05, 0) is 37.0 Å². The molecule has 1 aliphatic carbocycles. The van der Waals surface area contributed by atoms with Crippen LogP contribution < -0.4 is 5.32 Å². The van der Waals surface area contributed by atoms with E-state index in [9.17, 15) is 8.42 Å². The van der Waals surface area contributed by atoms with Crippen molar-refractivity contribution in [3.05, 3.63) is 34.7 Å². The zero-order valence-corrected chi connectivity index (χ0v) is 11.3. The number of benzene rings is 1. The van der Waals surface area contributed by atoms with Crippen molar-refractivity contribution in [2.24, 2.45) is 0 Å². The van der Waals surface area contributed by atoms with Crippen LogP contribution in [0.3, 0.4) is 0 Å². The first-order chi connectivity index (χ1) is 8.56. The van der Waals surface area contributed by atoms with Crippen molar-refractivity contribution in [1.82, 2.24) is 5.32 Å². The first kappa shape index (κ1) is 11.9. The Balaban J connectivity index is 1.89. The lowest BCUT2D eigenvalue weighted by atomic mass is 9.93. The molecule has 96 valence electrons. The number of hydrogen-bond donors (Lipinski definition) is 1. The van der Waals surface area contributed by atoms with Crippen molar-refractivity contribution in [2.75, 3.05) is 6.54 Å². The average molecular weight is 263 g/mol. The van der Waals surface area contributed by atoms with Crippen molar-refractivity contribution in [2.45, 2.75) is 37.1 Å². The van der Waals surface area contributed by atoms with Crippen LogP contribution in [0, 0.1) is 6.92 Å². The molecule has 0 bridgehead atoms. The van der Waals surface area contributed by atoms with Crippen LogP contribution in [0.5, 0.6) is 0 Å². The molecule has 1 heterocycles. The van der Waals surface area contributed by atoms with Crippen LogP contribution in [0.1, 0.15) is 30.4 Å². The van der Waals surface area contributed by atoms with Crippen LogP contribution in [0.15, 0.2) is 28.5 Å². The lowest BCUT2D eigenvalue weighted by Gasteiger charge is -2.26. The molecule has 2 aliphatic rings. The summed E-state index contributed by atoms with van der Waals surface area (Å²) in [5.41, 5.74) is 2.88. The quantitative estimate of drug-likeness (QED) is 0.910. The first-order valence-electron chi connectivity index (χ1n) is 6.36. The molecule has 1 aliphatic heterocycles. The van der Waals surface area contributed by atoms with Gasteiger partial charge in [-0.3, -0.25) is 0 Å². The Kier molecular flexibility index (Phi) is 2.79. The summed E-state index contributed by atoms with van der Waals surface area (Å²) in [5.74, 6) is 0. The van der Waals surface area contributed by atoms with Gasteiger partial charge in [-0.1, -0.05) is 24.1 Å². The zero-order chi connectivity index (χ0) is 12.8. The van der Waals surface area contributed by atoms with E-state index in [2.05, 4.69) is 5.32 Å². The van der Waals surface area contributed by atoms with Crippen LogP contribution >= 0.6 is 0 Å². The van der Waals surface area contributed by atoms with Crippen molar-refractivity contribution < 1.29 is 8.42 Å². The van der Waals surface area contributed by atoms with Crippen molar-refractivity contribution >= 4 is 15.4 Å². The second-order valence-electron chi connectivity index (χ2n) is 5.20. The van der Waals surface area contributed by atoms with Gasteiger partial charge in [0.05, 0.1) is 4.90 Å². The van der Waals surface area contributed by atoms with E-state index in [0.717, 1.165) is 16.7 Å². The molecule has 0 saturated heterocycles. The fraction of sp³-hybridized carbons (Fsp3) is 0.429. The smallest absolute Gasteiger partial charge is 0.200 e. The molecule has 0 amide bonds. The fourth-order valence-electron chi connectivity index (χ4n) is 2.46. The van der Waals surface area contributed by atoms with Gasteiger partial charge in [0.2, 0.25) is 9.84 Å². The number of nitrogens with one attached hydrogen (secondary N) is 1. The largest absolute Gasteiger partial charge is 0.310 e. The molecule has 1 aromatic carbocycles. The summed E-state index contributed by atoms with van der Waals surface area (Å²) < 4.78 is 24.0. The number of fused-ring (bicyclic) bond motifs is 1. The molecule has 1 N–H and O–H groups in total. The molecule has 0 atom stereocenters. The van der Waals surface area contributed by atoms with E-state index in [1.165, 1.54) is 24.7 Å². The van der Waals surface area contributed by atoms with Gasteiger partial charge < -0.3 is 5.32 Å². The van der Waals surface area contributed by atoms with E-state index >= 15 is 0 Å². The molecule has 1 saturated carbocycles. The molecule has 0 aromatic heterocycles. The van der Waals surface area contributed by atoms with E-state index < -0.39 is 9.84 Å². The summed E-state index contributed by atoms with van der Waals surface area (Å²) in [4.78, 5) is 0.457. The third kappa shape index (κ3) is 1.99. The average Bonchev–Trinajstić information content (AvgIpc) is 2.48. The number of rotatable bonds is 3. The Labute approximate surface area is 108 Å². The van der Waals surface area contributed by atoms with Gasteiger partial charge in [0, 0.05) is 18.0 Å². The maximum atomic E-state index is 12.0. The van der Waals surface area contributed by atoms with Crippen molar-refractivity contribution in [3.63, 3.8) is 0 Å². The lowest BCUT2D eigenvalue weighted by molar-refractivity contribution is 0.353. The molecule has 18 heavy (non-hydrogen) atoms. The van der Waals surface area contributed by atoms with Gasteiger partial charge in [0.15, 0.2) is 0 Å². The summed E-state index contributed by atoms with van der Waals surface area (Å²) in [7, 11) is -3.21. The van der Waals surface area contributed by atoms with Crippen LogP contribution in [-0.4, -0.2) is 21.0 Å². The minimum Gasteiger partial charge on any atom is -0.310 e. The number of hydrogen-bond acceptors (Lipinski definition) is 3. The van der Waals surface area contributed by atoms with Crippen molar-refractivity contribution in [3.8, 4) is 0 Å². The van der Waals surface area contributed by atoms with E-state index in [4.69, 9.17) is 0 Å². The predicted molar refractivity (Wildman–Crippen MR) is 72.0 cm³/mol. The Morgan fingerprint density at radius 2 is 2.11 bits per heavy atom. The molecule has 4 heteroatoms. The standard InChI is InChI=1S/C14H17NO2S/c1-10-5-6-14-13(7-10)11(9-18(14,16)17)8-15-12-3-2-4-12/h5-7,9,12,15H,2-4,8H2,1H3. The van der Waals surface area contributed by atoms with Crippen molar-refractivity contribution in [1.29, 1.82) is 0 Å².